The topological polar surface area (TPSA) is 29.5 Å². The van der Waals surface area contributed by atoms with Crippen LogP contribution in [-0.2, 0) is 9.53 Å². The zero-order chi connectivity index (χ0) is 21.4. The summed E-state index contributed by atoms with van der Waals surface area (Å²) in [6.45, 7) is 21.2. The highest BCUT2D eigenvalue weighted by Gasteiger charge is 2.26. The van der Waals surface area contributed by atoms with Crippen molar-refractivity contribution in [2.45, 2.75) is 26.7 Å². The quantitative estimate of drug-likeness (QED) is 0.307. The maximum Gasteiger partial charge on any atom is 0.314 e. The largest absolute Gasteiger partial charge is 0.427 e. The molecule has 0 spiro atoms. The van der Waals surface area contributed by atoms with Gasteiger partial charge in [0, 0.05) is 18.8 Å². The second-order valence-electron chi connectivity index (χ2n) is 7.55. The van der Waals surface area contributed by atoms with Crippen molar-refractivity contribution in [1.82, 2.24) is 0 Å². The lowest BCUT2D eigenvalue weighted by Gasteiger charge is -2.32. The number of carbonyl (C=O) groups is 1. The van der Waals surface area contributed by atoms with E-state index in [0.717, 1.165) is 42.7 Å². The van der Waals surface area contributed by atoms with Gasteiger partial charge in [-0.3, -0.25) is 4.79 Å². The Balaban J connectivity index is 1.80. The van der Waals surface area contributed by atoms with Gasteiger partial charge in [0.1, 0.15) is 5.76 Å². The number of anilines is 1. The molecule has 0 aromatic heterocycles. The fourth-order valence-electron chi connectivity index (χ4n) is 3.03. The van der Waals surface area contributed by atoms with Crippen LogP contribution in [0.2, 0.25) is 0 Å². The minimum Gasteiger partial charge on any atom is -0.427 e. The molecule has 0 atom stereocenters. The molecule has 0 radical (unpaired) electrons. The van der Waals surface area contributed by atoms with Crippen molar-refractivity contribution in [3.05, 3.63) is 103 Å². The summed E-state index contributed by atoms with van der Waals surface area (Å²) in [5, 5.41) is 0. The van der Waals surface area contributed by atoms with Gasteiger partial charge in [0.15, 0.2) is 0 Å². The molecule has 0 amide bonds. The van der Waals surface area contributed by atoms with Gasteiger partial charge in [-0.2, -0.15) is 0 Å². The summed E-state index contributed by atoms with van der Waals surface area (Å²) in [6, 6.07) is 8.49. The number of allylic oxidation sites excluding steroid dienone is 7. The minimum atomic E-state index is -0.213. The lowest BCUT2D eigenvalue weighted by Crippen LogP contribution is -2.36. The first-order chi connectivity index (χ1) is 13.8. The Kier molecular flexibility index (Phi) is 8.02. The van der Waals surface area contributed by atoms with E-state index >= 15 is 0 Å². The first-order valence-electron chi connectivity index (χ1n) is 9.88. The van der Waals surface area contributed by atoms with Crippen LogP contribution in [0.3, 0.4) is 0 Å². The molecule has 1 aliphatic rings. The van der Waals surface area contributed by atoms with Crippen molar-refractivity contribution in [3.8, 4) is 0 Å². The zero-order valence-corrected chi connectivity index (χ0v) is 17.6. The molecule has 0 unspecified atom stereocenters. The predicted octanol–water partition coefficient (Wildman–Crippen LogP) is 6.07. The molecule has 1 aromatic carbocycles. The van der Waals surface area contributed by atoms with Gasteiger partial charge in [-0.05, 0) is 56.0 Å². The summed E-state index contributed by atoms with van der Waals surface area (Å²) in [4.78, 5) is 14.8. The van der Waals surface area contributed by atoms with Gasteiger partial charge in [-0.1, -0.05) is 67.8 Å². The monoisotopic (exact) mass is 389 g/mol. The molecule has 3 nitrogen and oxygen atoms in total. The van der Waals surface area contributed by atoms with Crippen molar-refractivity contribution in [3.63, 3.8) is 0 Å². The number of hydrogen-bond donors (Lipinski definition) is 0. The van der Waals surface area contributed by atoms with Crippen LogP contribution < -0.4 is 4.90 Å². The van der Waals surface area contributed by atoms with Crippen LogP contribution in [0.1, 0.15) is 25.3 Å². The van der Waals surface area contributed by atoms with E-state index in [-0.39, 0.29) is 11.9 Å². The van der Waals surface area contributed by atoms with Crippen LogP contribution in [0.4, 0.5) is 5.69 Å². The summed E-state index contributed by atoms with van der Waals surface area (Å²) < 4.78 is 5.43. The molecular formula is C26H31NO2. The third-order valence-corrected chi connectivity index (χ3v) is 4.91. The molecule has 0 N–H and O–H groups in total. The van der Waals surface area contributed by atoms with E-state index in [9.17, 15) is 4.79 Å². The highest BCUT2D eigenvalue weighted by atomic mass is 16.5. The van der Waals surface area contributed by atoms with E-state index in [2.05, 4.69) is 62.4 Å². The molecular weight excluding hydrogens is 358 g/mol. The Hall–Kier alpha value is -3.07. The van der Waals surface area contributed by atoms with Crippen molar-refractivity contribution < 1.29 is 9.53 Å². The van der Waals surface area contributed by atoms with E-state index in [0.29, 0.717) is 5.76 Å². The molecule has 0 bridgehead atoms. The van der Waals surface area contributed by atoms with Crippen LogP contribution in [0, 0.1) is 12.8 Å². The SMILES string of the molecule is C=C(C)/C=C\C(=C)C(=C)/C=C\C(=C)OC(=O)C1CCN(c2ccc(C)cc2)CC1. The fourth-order valence-corrected chi connectivity index (χ4v) is 3.03. The molecule has 0 saturated carbocycles. The molecule has 1 aliphatic heterocycles. The van der Waals surface area contributed by atoms with Gasteiger partial charge in [0.2, 0.25) is 0 Å². The second kappa shape index (κ2) is 10.5. The molecule has 1 saturated heterocycles. The summed E-state index contributed by atoms with van der Waals surface area (Å²) >= 11 is 0. The van der Waals surface area contributed by atoms with Crippen LogP contribution in [-0.4, -0.2) is 19.1 Å². The lowest BCUT2D eigenvalue weighted by atomic mass is 9.96. The maximum absolute atomic E-state index is 12.5. The molecule has 1 heterocycles. The number of esters is 1. The number of ether oxygens (including phenoxy) is 1. The predicted molar refractivity (Wildman–Crippen MR) is 123 cm³/mol. The fraction of sp³-hybridized carbons (Fsp3) is 0.269. The Bertz CT molecular complexity index is 847. The van der Waals surface area contributed by atoms with E-state index in [4.69, 9.17) is 4.74 Å². The van der Waals surface area contributed by atoms with Gasteiger partial charge in [-0.15, -0.1) is 0 Å². The summed E-state index contributed by atoms with van der Waals surface area (Å²) in [7, 11) is 0. The molecule has 2 rings (SSSR count). The van der Waals surface area contributed by atoms with Crippen molar-refractivity contribution in [2.75, 3.05) is 18.0 Å². The van der Waals surface area contributed by atoms with Crippen molar-refractivity contribution in [2.24, 2.45) is 5.92 Å². The van der Waals surface area contributed by atoms with Crippen LogP contribution >= 0.6 is 0 Å². The van der Waals surface area contributed by atoms with Crippen molar-refractivity contribution in [1.29, 1.82) is 0 Å². The number of piperidine rings is 1. The average molecular weight is 390 g/mol. The van der Waals surface area contributed by atoms with Crippen LogP contribution in [0.5, 0.6) is 0 Å². The highest BCUT2D eigenvalue weighted by molar-refractivity contribution is 5.74. The number of rotatable bonds is 8. The van der Waals surface area contributed by atoms with Gasteiger partial charge < -0.3 is 9.64 Å². The Morgan fingerprint density at radius 2 is 1.52 bits per heavy atom. The number of carbonyl (C=O) groups excluding carboxylic acids is 1. The minimum absolute atomic E-state index is 0.0986. The number of aryl methyl sites for hydroxylation is 1. The summed E-state index contributed by atoms with van der Waals surface area (Å²) in [5.41, 5.74) is 4.89. The lowest BCUT2D eigenvalue weighted by molar-refractivity contribution is -0.144. The smallest absolute Gasteiger partial charge is 0.314 e. The van der Waals surface area contributed by atoms with E-state index in [1.807, 2.05) is 19.1 Å². The third kappa shape index (κ3) is 7.11. The molecule has 1 fully saturated rings. The number of nitrogens with zero attached hydrogens (tertiary/aromatic N) is 1. The standard InChI is InChI=1S/C26H31NO2/c1-19(2)7-10-21(4)22(5)11-12-23(6)29-26(28)24-15-17-27(18-16-24)25-13-8-20(3)9-14-25/h7-14,24H,1,4-6,15-18H2,2-3H3/b10-7-,12-11-. The van der Waals surface area contributed by atoms with E-state index < -0.39 is 0 Å². The van der Waals surface area contributed by atoms with Crippen LogP contribution in [0.15, 0.2) is 97.4 Å². The van der Waals surface area contributed by atoms with Gasteiger partial charge >= 0.3 is 5.97 Å². The summed E-state index contributed by atoms with van der Waals surface area (Å²) in [6.07, 6.45) is 8.69. The van der Waals surface area contributed by atoms with Crippen LogP contribution in [0.25, 0.3) is 0 Å². The average Bonchev–Trinajstić information content (AvgIpc) is 2.70. The third-order valence-electron chi connectivity index (χ3n) is 4.91. The highest BCUT2D eigenvalue weighted by Crippen LogP contribution is 2.25. The van der Waals surface area contributed by atoms with Gasteiger partial charge in [-0.25, -0.2) is 0 Å². The first kappa shape index (κ1) is 22.2. The Labute approximate surface area is 175 Å². The van der Waals surface area contributed by atoms with Gasteiger partial charge in [0.05, 0.1) is 5.92 Å². The van der Waals surface area contributed by atoms with E-state index in [1.54, 1.807) is 12.2 Å². The molecule has 3 heteroatoms. The van der Waals surface area contributed by atoms with Crippen molar-refractivity contribution >= 4 is 11.7 Å². The van der Waals surface area contributed by atoms with Gasteiger partial charge in [0.25, 0.3) is 0 Å². The zero-order valence-electron chi connectivity index (χ0n) is 17.6. The molecule has 1 aromatic rings. The number of benzene rings is 1. The Morgan fingerprint density at radius 3 is 2.07 bits per heavy atom. The second-order valence-corrected chi connectivity index (χ2v) is 7.55. The molecule has 152 valence electrons. The summed E-state index contributed by atoms with van der Waals surface area (Å²) in [5.74, 6) is 0.00198. The first-order valence-corrected chi connectivity index (χ1v) is 9.88. The maximum atomic E-state index is 12.5. The van der Waals surface area contributed by atoms with E-state index in [1.165, 1.54) is 11.3 Å². The molecule has 0 aliphatic carbocycles. The number of hydrogen-bond acceptors (Lipinski definition) is 3. The molecule has 29 heavy (non-hydrogen) atoms. The normalized spacial score (nSPS) is 14.9. The Morgan fingerprint density at radius 1 is 0.966 bits per heavy atom.